The first kappa shape index (κ1) is 16.8. The van der Waals surface area contributed by atoms with Crippen LogP contribution in [-0.2, 0) is 4.79 Å². The molecule has 1 saturated heterocycles. The van der Waals surface area contributed by atoms with Crippen molar-refractivity contribution in [3.05, 3.63) is 28.2 Å². The molecule has 0 N–H and O–H groups in total. The van der Waals surface area contributed by atoms with Gasteiger partial charge < -0.3 is 9.80 Å². The molecular weight excluding hydrogens is 348 g/mol. The van der Waals surface area contributed by atoms with E-state index in [4.69, 9.17) is 0 Å². The lowest BCUT2D eigenvalue weighted by Gasteiger charge is -2.36. The first-order valence-electron chi connectivity index (χ1n) is 7.30. The fraction of sp³-hybridized carbons (Fsp3) is 0.562. The van der Waals surface area contributed by atoms with E-state index in [1.807, 2.05) is 11.0 Å². The number of piperidine rings is 1. The Hall–Kier alpha value is -0.520. The number of nitrogens with zero attached hydrogens (tertiary/aromatic N) is 2. The predicted octanol–water partition coefficient (Wildman–Crippen LogP) is 3.40. The summed E-state index contributed by atoms with van der Waals surface area (Å²) in [5.41, 5.74) is 1.21. The third-order valence-corrected chi connectivity index (χ3v) is 5.62. The second-order valence-corrected chi connectivity index (χ2v) is 7.73. The standard InChI is InChI=1S/C16H23BrN2OS/c1-12-9-13(17)6-7-15(12)21-11-16(20)19-8-4-5-14(10-19)18(2)3/h6-7,9,14H,4-5,8,10-11H2,1-3H3. The van der Waals surface area contributed by atoms with Gasteiger partial charge in [-0.1, -0.05) is 15.9 Å². The fourth-order valence-corrected chi connectivity index (χ4v) is 4.00. The number of thioether (sulfide) groups is 1. The highest BCUT2D eigenvalue weighted by atomic mass is 79.9. The summed E-state index contributed by atoms with van der Waals surface area (Å²) in [5, 5.41) is 0. The zero-order valence-electron chi connectivity index (χ0n) is 12.9. The smallest absolute Gasteiger partial charge is 0.232 e. The van der Waals surface area contributed by atoms with Gasteiger partial charge in [0.15, 0.2) is 0 Å². The first-order valence-corrected chi connectivity index (χ1v) is 9.08. The summed E-state index contributed by atoms with van der Waals surface area (Å²) < 4.78 is 1.08. The molecule has 0 radical (unpaired) electrons. The Morgan fingerprint density at radius 3 is 2.90 bits per heavy atom. The Morgan fingerprint density at radius 2 is 2.24 bits per heavy atom. The van der Waals surface area contributed by atoms with Crippen molar-refractivity contribution in [2.75, 3.05) is 32.9 Å². The summed E-state index contributed by atoms with van der Waals surface area (Å²) in [6, 6.07) is 6.71. The molecule has 1 aromatic rings. The van der Waals surface area contributed by atoms with Gasteiger partial charge in [-0.2, -0.15) is 0 Å². The molecular formula is C16H23BrN2OS. The number of benzene rings is 1. The summed E-state index contributed by atoms with van der Waals surface area (Å²) in [7, 11) is 4.19. The van der Waals surface area contributed by atoms with Crippen molar-refractivity contribution in [3.8, 4) is 0 Å². The Balaban J connectivity index is 1.89. The number of hydrogen-bond acceptors (Lipinski definition) is 3. The van der Waals surface area contributed by atoms with E-state index in [1.54, 1.807) is 11.8 Å². The molecule has 0 saturated carbocycles. The van der Waals surface area contributed by atoms with Crippen LogP contribution in [0.2, 0.25) is 0 Å². The molecule has 0 aromatic heterocycles. The summed E-state index contributed by atoms with van der Waals surface area (Å²) >= 11 is 5.11. The van der Waals surface area contributed by atoms with Crippen LogP contribution in [0.3, 0.4) is 0 Å². The average molecular weight is 371 g/mol. The third-order valence-electron chi connectivity index (χ3n) is 3.97. The molecule has 0 bridgehead atoms. The Morgan fingerprint density at radius 1 is 1.48 bits per heavy atom. The number of halogens is 1. The quantitative estimate of drug-likeness (QED) is 0.758. The highest BCUT2D eigenvalue weighted by molar-refractivity contribution is 9.10. The Labute approximate surface area is 140 Å². The maximum atomic E-state index is 12.4. The van der Waals surface area contributed by atoms with Gasteiger partial charge in [0.1, 0.15) is 0 Å². The van der Waals surface area contributed by atoms with Crippen molar-refractivity contribution >= 4 is 33.6 Å². The second kappa shape index (κ2) is 7.65. The van der Waals surface area contributed by atoms with Gasteiger partial charge in [0, 0.05) is 28.5 Å². The summed E-state index contributed by atoms with van der Waals surface area (Å²) in [5.74, 6) is 0.789. The molecule has 1 aromatic carbocycles. The van der Waals surface area contributed by atoms with Crippen LogP contribution < -0.4 is 0 Å². The van der Waals surface area contributed by atoms with Crippen molar-refractivity contribution in [2.24, 2.45) is 0 Å². The van der Waals surface area contributed by atoms with E-state index >= 15 is 0 Å². The summed E-state index contributed by atoms with van der Waals surface area (Å²) in [4.78, 5) is 17.8. The van der Waals surface area contributed by atoms with Crippen LogP contribution in [0.15, 0.2) is 27.6 Å². The predicted molar refractivity (Wildman–Crippen MR) is 92.9 cm³/mol. The van der Waals surface area contributed by atoms with E-state index in [0.717, 1.165) is 24.0 Å². The molecule has 1 atom stereocenters. The van der Waals surface area contributed by atoms with Gasteiger partial charge in [0.2, 0.25) is 5.91 Å². The molecule has 116 valence electrons. The van der Waals surface area contributed by atoms with E-state index in [9.17, 15) is 4.79 Å². The minimum atomic E-state index is 0.258. The minimum Gasteiger partial charge on any atom is -0.340 e. The van der Waals surface area contributed by atoms with Crippen LogP contribution in [0, 0.1) is 6.92 Å². The van der Waals surface area contributed by atoms with E-state index in [-0.39, 0.29) is 5.91 Å². The molecule has 3 nitrogen and oxygen atoms in total. The minimum absolute atomic E-state index is 0.258. The van der Waals surface area contributed by atoms with Gasteiger partial charge in [-0.15, -0.1) is 11.8 Å². The maximum absolute atomic E-state index is 12.4. The molecule has 1 aliphatic heterocycles. The van der Waals surface area contributed by atoms with Crippen molar-refractivity contribution < 1.29 is 4.79 Å². The van der Waals surface area contributed by atoms with Gasteiger partial charge in [-0.3, -0.25) is 4.79 Å². The van der Waals surface area contributed by atoms with Crippen LogP contribution in [0.5, 0.6) is 0 Å². The SMILES string of the molecule is Cc1cc(Br)ccc1SCC(=O)N1CCCC(N(C)C)C1. The maximum Gasteiger partial charge on any atom is 0.232 e. The Bertz CT molecular complexity index is 507. The lowest BCUT2D eigenvalue weighted by atomic mass is 10.1. The van der Waals surface area contributed by atoms with Gasteiger partial charge in [-0.05, 0) is 57.6 Å². The molecule has 5 heteroatoms. The molecule has 0 spiro atoms. The van der Waals surface area contributed by atoms with Crippen LogP contribution in [-0.4, -0.2) is 54.7 Å². The molecule has 21 heavy (non-hydrogen) atoms. The summed E-state index contributed by atoms with van der Waals surface area (Å²) in [6.07, 6.45) is 2.30. The third kappa shape index (κ3) is 4.73. The van der Waals surface area contributed by atoms with E-state index in [0.29, 0.717) is 11.8 Å². The fourth-order valence-electron chi connectivity index (χ4n) is 2.61. The van der Waals surface area contributed by atoms with Crippen LogP contribution in [0.1, 0.15) is 18.4 Å². The molecule has 1 fully saturated rings. The normalized spacial score (nSPS) is 19.1. The molecule has 2 rings (SSSR count). The largest absolute Gasteiger partial charge is 0.340 e. The monoisotopic (exact) mass is 370 g/mol. The van der Waals surface area contributed by atoms with Crippen molar-refractivity contribution in [1.82, 2.24) is 9.80 Å². The van der Waals surface area contributed by atoms with Gasteiger partial charge >= 0.3 is 0 Å². The van der Waals surface area contributed by atoms with Crippen molar-refractivity contribution in [2.45, 2.75) is 30.7 Å². The van der Waals surface area contributed by atoms with Crippen molar-refractivity contribution in [1.29, 1.82) is 0 Å². The van der Waals surface area contributed by atoms with E-state index in [2.05, 4.69) is 54.0 Å². The number of amides is 1. The van der Waals surface area contributed by atoms with E-state index in [1.165, 1.54) is 16.9 Å². The number of aryl methyl sites for hydroxylation is 1. The number of hydrogen-bond donors (Lipinski definition) is 0. The highest BCUT2D eigenvalue weighted by Gasteiger charge is 2.24. The van der Waals surface area contributed by atoms with Crippen LogP contribution >= 0.6 is 27.7 Å². The van der Waals surface area contributed by atoms with Gasteiger partial charge in [-0.25, -0.2) is 0 Å². The lowest BCUT2D eigenvalue weighted by Crippen LogP contribution is -2.48. The van der Waals surface area contributed by atoms with Gasteiger partial charge in [0.25, 0.3) is 0 Å². The average Bonchev–Trinajstić information content (AvgIpc) is 2.46. The molecule has 1 unspecified atom stereocenters. The topological polar surface area (TPSA) is 23.6 Å². The van der Waals surface area contributed by atoms with Gasteiger partial charge in [0.05, 0.1) is 5.75 Å². The summed E-state index contributed by atoms with van der Waals surface area (Å²) in [6.45, 7) is 3.86. The Kier molecular flexibility index (Phi) is 6.14. The highest BCUT2D eigenvalue weighted by Crippen LogP contribution is 2.26. The van der Waals surface area contributed by atoms with Crippen LogP contribution in [0.4, 0.5) is 0 Å². The molecule has 1 heterocycles. The number of carbonyl (C=O) groups excluding carboxylic acids is 1. The second-order valence-electron chi connectivity index (χ2n) is 5.80. The molecule has 1 amide bonds. The van der Waals surface area contributed by atoms with Crippen LogP contribution in [0.25, 0.3) is 0 Å². The number of likely N-dealkylation sites (tertiary alicyclic amines) is 1. The first-order chi connectivity index (χ1) is 9.97. The molecule has 0 aliphatic carbocycles. The molecule has 1 aliphatic rings. The zero-order valence-corrected chi connectivity index (χ0v) is 15.3. The van der Waals surface area contributed by atoms with Crippen molar-refractivity contribution in [3.63, 3.8) is 0 Å². The van der Waals surface area contributed by atoms with E-state index < -0.39 is 0 Å². The lowest BCUT2D eigenvalue weighted by molar-refractivity contribution is -0.130. The zero-order chi connectivity index (χ0) is 15.4. The number of likely N-dealkylation sites (N-methyl/N-ethyl adjacent to an activating group) is 1. The number of rotatable bonds is 4. The number of carbonyl (C=O) groups is 1.